The van der Waals surface area contributed by atoms with Crippen molar-refractivity contribution in [3.63, 3.8) is 0 Å². The molecule has 2 aromatic carbocycles. The Hall–Kier alpha value is -2.14. The summed E-state index contributed by atoms with van der Waals surface area (Å²) in [4.78, 5) is 12.2. The van der Waals surface area contributed by atoms with Crippen molar-refractivity contribution >= 4 is 28.1 Å². The Morgan fingerprint density at radius 1 is 0.931 bits per heavy atom. The molecule has 0 radical (unpaired) electrons. The van der Waals surface area contributed by atoms with Gasteiger partial charge in [-0.2, -0.15) is 5.10 Å². The molecule has 0 aromatic heterocycles. The third-order valence-electron chi connectivity index (χ3n) is 4.63. The number of hydrazone groups is 1. The summed E-state index contributed by atoms with van der Waals surface area (Å²) in [5.74, 6) is 0.552. The van der Waals surface area contributed by atoms with E-state index in [0.29, 0.717) is 5.56 Å². The topological polar surface area (TPSA) is 50.7 Å². The van der Waals surface area contributed by atoms with Gasteiger partial charge in [-0.15, -0.1) is 0 Å². The van der Waals surface area contributed by atoms with Crippen molar-refractivity contribution < 1.29 is 9.53 Å². The SMILES string of the molecule is CCCCCCCCCCOc1ccc(C(=O)N/N=C\c2ccc(Br)cc2)cc1. The van der Waals surface area contributed by atoms with Gasteiger partial charge in [0.05, 0.1) is 12.8 Å². The number of halogens is 1. The predicted octanol–water partition coefficient (Wildman–Crippen LogP) is 6.73. The molecular weight excluding hydrogens is 428 g/mol. The molecule has 29 heavy (non-hydrogen) atoms. The zero-order valence-corrected chi connectivity index (χ0v) is 18.8. The Balaban J connectivity index is 1.63. The Morgan fingerprint density at radius 2 is 1.55 bits per heavy atom. The Kier molecular flexibility index (Phi) is 11.1. The van der Waals surface area contributed by atoms with E-state index in [2.05, 4.69) is 33.4 Å². The fraction of sp³-hybridized carbons (Fsp3) is 0.417. The molecule has 1 amide bonds. The quantitative estimate of drug-likeness (QED) is 0.205. The van der Waals surface area contributed by atoms with Crippen LogP contribution in [0.3, 0.4) is 0 Å². The average molecular weight is 459 g/mol. The molecule has 0 unspecified atom stereocenters. The number of carbonyl (C=O) groups is 1. The summed E-state index contributed by atoms with van der Waals surface area (Å²) < 4.78 is 6.77. The van der Waals surface area contributed by atoms with E-state index in [1.54, 1.807) is 18.3 Å². The van der Waals surface area contributed by atoms with Crippen LogP contribution in [-0.2, 0) is 0 Å². The van der Waals surface area contributed by atoms with Crippen molar-refractivity contribution in [2.75, 3.05) is 6.61 Å². The number of rotatable bonds is 13. The van der Waals surface area contributed by atoms with Gasteiger partial charge in [-0.1, -0.05) is 79.9 Å². The van der Waals surface area contributed by atoms with Gasteiger partial charge in [0, 0.05) is 10.0 Å². The fourth-order valence-corrected chi connectivity index (χ4v) is 3.17. The number of nitrogens with one attached hydrogen (secondary N) is 1. The molecule has 0 bridgehead atoms. The Labute approximate surface area is 182 Å². The highest BCUT2D eigenvalue weighted by molar-refractivity contribution is 9.10. The minimum absolute atomic E-state index is 0.243. The summed E-state index contributed by atoms with van der Waals surface area (Å²) >= 11 is 3.39. The van der Waals surface area contributed by atoms with Gasteiger partial charge in [0.2, 0.25) is 0 Å². The van der Waals surface area contributed by atoms with Crippen LogP contribution in [0.1, 0.15) is 74.2 Å². The van der Waals surface area contributed by atoms with Crippen LogP contribution < -0.4 is 10.2 Å². The third-order valence-corrected chi connectivity index (χ3v) is 5.16. The maximum absolute atomic E-state index is 12.2. The summed E-state index contributed by atoms with van der Waals surface area (Å²) in [5, 5.41) is 4.00. The van der Waals surface area contributed by atoms with Gasteiger partial charge >= 0.3 is 0 Å². The highest BCUT2D eigenvalue weighted by Crippen LogP contribution is 2.14. The number of carbonyl (C=O) groups excluding carboxylic acids is 1. The van der Waals surface area contributed by atoms with Crippen LogP contribution in [0.2, 0.25) is 0 Å². The first-order valence-corrected chi connectivity index (χ1v) is 11.3. The van der Waals surface area contributed by atoms with Gasteiger partial charge in [-0.3, -0.25) is 4.79 Å². The van der Waals surface area contributed by atoms with E-state index in [1.807, 2.05) is 36.4 Å². The lowest BCUT2D eigenvalue weighted by atomic mass is 10.1. The van der Waals surface area contributed by atoms with Crippen LogP contribution >= 0.6 is 15.9 Å². The van der Waals surface area contributed by atoms with Gasteiger partial charge in [0.15, 0.2) is 0 Å². The summed E-state index contributed by atoms with van der Waals surface area (Å²) in [7, 11) is 0. The number of ether oxygens (including phenoxy) is 1. The van der Waals surface area contributed by atoms with Gasteiger partial charge in [-0.25, -0.2) is 5.43 Å². The molecule has 156 valence electrons. The first-order chi connectivity index (χ1) is 14.2. The van der Waals surface area contributed by atoms with Crippen molar-refractivity contribution in [1.29, 1.82) is 0 Å². The average Bonchev–Trinajstić information content (AvgIpc) is 2.74. The molecule has 5 heteroatoms. The van der Waals surface area contributed by atoms with Crippen LogP contribution in [0.25, 0.3) is 0 Å². The van der Waals surface area contributed by atoms with E-state index in [-0.39, 0.29) is 5.91 Å². The molecular formula is C24H31BrN2O2. The van der Waals surface area contributed by atoms with Crippen molar-refractivity contribution in [2.45, 2.75) is 58.3 Å². The van der Waals surface area contributed by atoms with Crippen molar-refractivity contribution in [2.24, 2.45) is 5.10 Å². The van der Waals surface area contributed by atoms with E-state index >= 15 is 0 Å². The molecule has 0 aliphatic rings. The lowest BCUT2D eigenvalue weighted by Gasteiger charge is -2.07. The molecule has 1 N–H and O–H groups in total. The Bertz CT molecular complexity index is 742. The molecule has 0 heterocycles. The van der Waals surface area contributed by atoms with Crippen molar-refractivity contribution in [3.8, 4) is 5.75 Å². The van der Waals surface area contributed by atoms with Gasteiger partial charge in [-0.05, 0) is 48.4 Å². The number of hydrogen-bond acceptors (Lipinski definition) is 3. The second-order valence-corrected chi connectivity index (χ2v) is 8.01. The zero-order valence-electron chi connectivity index (χ0n) is 17.2. The highest BCUT2D eigenvalue weighted by atomic mass is 79.9. The third kappa shape index (κ3) is 9.75. The molecule has 0 saturated carbocycles. The van der Waals surface area contributed by atoms with Crippen LogP contribution in [0, 0.1) is 0 Å². The van der Waals surface area contributed by atoms with Crippen LogP contribution in [0.5, 0.6) is 5.75 Å². The zero-order chi connectivity index (χ0) is 20.7. The molecule has 0 aliphatic carbocycles. The second kappa shape index (κ2) is 13.9. The van der Waals surface area contributed by atoms with Crippen molar-refractivity contribution in [1.82, 2.24) is 5.43 Å². The maximum atomic E-state index is 12.2. The van der Waals surface area contributed by atoms with Crippen LogP contribution in [0.4, 0.5) is 0 Å². The lowest BCUT2D eigenvalue weighted by Crippen LogP contribution is -2.17. The molecule has 0 fully saturated rings. The highest BCUT2D eigenvalue weighted by Gasteiger charge is 2.04. The van der Waals surface area contributed by atoms with E-state index in [0.717, 1.165) is 28.8 Å². The van der Waals surface area contributed by atoms with Crippen LogP contribution in [0.15, 0.2) is 58.1 Å². The second-order valence-electron chi connectivity index (χ2n) is 7.10. The first kappa shape index (κ1) is 23.1. The number of nitrogens with zero attached hydrogens (tertiary/aromatic N) is 1. The molecule has 0 spiro atoms. The molecule has 0 saturated heterocycles. The lowest BCUT2D eigenvalue weighted by molar-refractivity contribution is 0.0955. The van der Waals surface area contributed by atoms with Gasteiger partial charge in [0.1, 0.15) is 5.75 Å². The number of unbranched alkanes of at least 4 members (excludes halogenated alkanes) is 7. The molecule has 2 aromatic rings. The maximum Gasteiger partial charge on any atom is 0.271 e. The largest absolute Gasteiger partial charge is 0.494 e. The molecule has 0 aliphatic heterocycles. The molecule has 0 atom stereocenters. The predicted molar refractivity (Wildman–Crippen MR) is 124 cm³/mol. The molecule has 4 nitrogen and oxygen atoms in total. The summed E-state index contributed by atoms with van der Waals surface area (Å²) in [6.07, 6.45) is 11.9. The van der Waals surface area contributed by atoms with Gasteiger partial charge in [0.25, 0.3) is 5.91 Å². The standard InChI is InChI=1S/C24H31BrN2O2/c1-2-3-4-5-6-7-8-9-18-29-23-16-12-21(13-17-23)24(28)27-26-19-20-10-14-22(25)15-11-20/h10-17,19H,2-9,18H2,1H3,(H,27,28)/b26-19-. The summed E-state index contributed by atoms with van der Waals surface area (Å²) in [6, 6.07) is 14.9. The minimum Gasteiger partial charge on any atom is -0.494 e. The number of hydrogen-bond donors (Lipinski definition) is 1. The number of benzene rings is 2. The fourth-order valence-electron chi connectivity index (χ4n) is 2.91. The van der Waals surface area contributed by atoms with Gasteiger partial charge < -0.3 is 4.74 Å². The summed E-state index contributed by atoms with van der Waals surface area (Å²) in [5.41, 5.74) is 4.01. The smallest absolute Gasteiger partial charge is 0.271 e. The van der Waals surface area contributed by atoms with Crippen molar-refractivity contribution in [3.05, 3.63) is 64.1 Å². The van der Waals surface area contributed by atoms with E-state index in [9.17, 15) is 4.79 Å². The molecule has 2 rings (SSSR count). The normalized spacial score (nSPS) is 11.0. The summed E-state index contributed by atoms with van der Waals surface area (Å²) in [6.45, 7) is 2.97. The monoisotopic (exact) mass is 458 g/mol. The van der Waals surface area contributed by atoms with E-state index < -0.39 is 0 Å². The Morgan fingerprint density at radius 3 is 2.21 bits per heavy atom. The first-order valence-electron chi connectivity index (χ1n) is 10.5. The minimum atomic E-state index is -0.243. The van der Waals surface area contributed by atoms with E-state index in [1.165, 1.54) is 44.9 Å². The van der Waals surface area contributed by atoms with E-state index in [4.69, 9.17) is 4.74 Å². The number of amides is 1. The van der Waals surface area contributed by atoms with Crippen LogP contribution in [-0.4, -0.2) is 18.7 Å².